The van der Waals surface area contributed by atoms with E-state index in [1.807, 2.05) is 31.2 Å². The maximum atomic E-state index is 12.7. The van der Waals surface area contributed by atoms with E-state index < -0.39 is 14.4 Å². The summed E-state index contributed by atoms with van der Waals surface area (Å²) >= 11 is 0. The number of anilines is 1. The van der Waals surface area contributed by atoms with Gasteiger partial charge in [-0.05, 0) is 42.7 Å². The zero-order chi connectivity index (χ0) is 25.9. The van der Waals surface area contributed by atoms with Crippen LogP contribution in [-0.4, -0.2) is 35.5 Å². The van der Waals surface area contributed by atoms with Crippen molar-refractivity contribution in [2.45, 2.75) is 26.3 Å². The van der Waals surface area contributed by atoms with Gasteiger partial charge in [-0.2, -0.15) is 0 Å². The Balaban J connectivity index is 1.45. The van der Waals surface area contributed by atoms with Gasteiger partial charge in [0.1, 0.15) is 23.9 Å². The predicted molar refractivity (Wildman–Crippen MR) is 132 cm³/mol. The lowest BCUT2D eigenvalue weighted by Crippen LogP contribution is -2.37. The van der Waals surface area contributed by atoms with Crippen LogP contribution in [0.3, 0.4) is 0 Å². The Kier molecular flexibility index (Phi) is 7.18. The highest BCUT2D eigenvalue weighted by Gasteiger charge is 2.31. The summed E-state index contributed by atoms with van der Waals surface area (Å²) in [5.74, 6) is 0.313. The van der Waals surface area contributed by atoms with Gasteiger partial charge >= 0.3 is 7.67 Å². The molecule has 0 radical (unpaired) electrons. The molecule has 4 rings (SSSR count). The van der Waals surface area contributed by atoms with Crippen molar-refractivity contribution in [1.82, 2.24) is 9.88 Å². The molecule has 0 unspecified atom stereocenters. The van der Waals surface area contributed by atoms with Gasteiger partial charge in [-0.1, -0.05) is 18.2 Å². The quantitative estimate of drug-likeness (QED) is 0.228. The Hall–Kier alpha value is -4.02. The second-order valence-corrected chi connectivity index (χ2v) is 9.73. The first-order valence-electron chi connectivity index (χ1n) is 10.9. The van der Waals surface area contributed by atoms with E-state index in [1.165, 1.54) is 17.2 Å². The Bertz CT molecular complexity index is 1420. The number of rotatable bonds is 9. The maximum absolute atomic E-state index is 12.7. The summed E-state index contributed by atoms with van der Waals surface area (Å²) in [6, 6.07) is 9.44. The van der Waals surface area contributed by atoms with Crippen molar-refractivity contribution in [3.8, 4) is 0 Å². The zero-order valence-electron chi connectivity index (χ0n) is 19.5. The van der Waals surface area contributed by atoms with Gasteiger partial charge in [-0.15, -0.1) is 9.81 Å². The molecule has 0 saturated carbocycles. The normalized spacial score (nSPS) is 13.7. The minimum Gasteiger partial charge on any atom is -0.459 e. The molecule has 2 amide bonds. The van der Waals surface area contributed by atoms with E-state index in [0.717, 1.165) is 21.4 Å². The van der Waals surface area contributed by atoms with Crippen molar-refractivity contribution in [3.05, 3.63) is 74.9 Å². The first-order chi connectivity index (χ1) is 17.2. The molecule has 0 saturated heterocycles. The van der Waals surface area contributed by atoms with Crippen LogP contribution >= 0.6 is 7.67 Å². The summed E-state index contributed by atoms with van der Waals surface area (Å²) < 4.78 is 22.2. The molecule has 1 aliphatic heterocycles. The molecule has 1 aromatic carbocycles. The average Bonchev–Trinajstić information content (AvgIpc) is 3.21. The molecule has 3 aromatic rings. The molecule has 12 nitrogen and oxygen atoms in total. The number of nitrogens with zero attached hydrogens (tertiary/aromatic N) is 5. The molecule has 0 spiro atoms. The third kappa shape index (κ3) is 5.14. The summed E-state index contributed by atoms with van der Waals surface area (Å²) in [6.45, 7) is 1.60. The average molecular weight is 511 g/mol. The minimum absolute atomic E-state index is 0.108. The number of amides is 2. The van der Waals surface area contributed by atoms with E-state index in [2.05, 4.69) is 14.9 Å². The van der Waals surface area contributed by atoms with Crippen molar-refractivity contribution in [2.24, 2.45) is 9.89 Å². The van der Waals surface area contributed by atoms with Gasteiger partial charge in [-0.3, -0.25) is 19.0 Å². The molecule has 186 valence electrons. The predicted octanol–water partition coefficient (Wildman–Crippen LogP) is 4.70. The highest BCUT2D eigenvalue weighted by Crippen LogP contribution is 2.49. The molecule has 0 fully saturated rings. The number of pyridine rings is 1. The Morgan fingerprint density at radius 3 is 2.75 bits per heavy atom. The Morgan fingerprint density at radius 2 is 2.03 bits per heavy atom. The lowest BCUT2D eigenvalue weighted by molar-refractivity contribution is -0.125. The van der Waals surface area contributed by atoms with Gasteiger partial charge in [0.25, 0.3) is 0 Å². The first-order valence-corrected chi connectivity index (χ1v) is 12.4. The minimum atomic E-state index is -4.61. The van der Waals surface area contributed by atoms with Crippen LogP contribution < -0.4 is 4.90 Å². The van der Waals surface area contributed by atoms with E-state index >= 15 is 0 Å². The zero-order valence-corrected chi connectivity index (χ0v) is 20.4. The Labute approximate surface area is 205 Å². The smallest absolute Gasteiger partial charge is 0.459 e. The molecular formula is C23H22N5O7P. The van der Waals surface area contributed by atoms with E-state index in [-0.39, 0.29) is 24.1 Å². The first kappa shape index (κ1) is 25.1. The second-order valence-electron chi connectivity index (χ2n) is 8.16. The molecule has 0 N–H and O–H groups in total. The number of carbonyl (C=O) groups excluding carboxylic acids is 2. The van der Waals surface area contributed by atoms with Crippen molar-refractivity contribution >= 4 is 42.3 Å². The number of aryl methyl sites for hydroxylation is 2. The van der Waals surface area contributed by atoms with E-state index in [4.69, 9.17) is 8.94 Å². The molecule has 1 aliphatic rings. The number of aromatic nitrogens is 1. The Morgan fingerprint density at radius 1 is 1.28 bits per heavy atom. The van der Waals surface area contributed by atoms with Gasteiger partial charge in [0.2, 0.25) is 11.8 Å². The molecule has 0 bridgehead atoms. The number of fused-ring (bicyclic) bond motifs is 2. The van der Waals surface area contributed by atoms with Crippen LogP contribution in [0.15, 0.2) is 56.9 Å². The highest BCUT2D eigenvalue weighted by molar-refractivity contribution is 7.55. The summed E-state index contributed by atoms with van der Waals surface area (Å²) in [4.78, 5) is 57.1. The number of hydrogen-bond acceptors (Lipinski definition) is 8. The van der Waals surface area contributed by atoms with Gasteiger partial charge in [0.05, 0.1) is 6.54 Å². The van der Waals surface area contributed by atoms with Crippen LogP contribution in [0.25, 0.3) is 17.0 Å². The van der Waals surface area contributed by atoms with Crippen molar-refractivity contribution in [1.29, 1.82) is 0 Å². The fourth-order valence-corrected chi connectivity index (χ4v) is 4.22. The number of para-hydroxylation sites is 1. The third-order valence-corrected chi connectivity index (χ3v) is 6.67. The van der Waals surface area contributed by atoms with Crippen LogP contribution in [0.4, 0.5) is 5.82 Å². The van der Waals surface area contributed by atoms with E-state index in [9.17, 15) is 24.0 Å². The maximum Gasteiger partial charge on any atom is 0.506 e. The van der Waals surface area contributed by atoms with Crippen LogP contribution in [0.5, 0.6) is 0 Å². The lowest BCUT2D eigenvalue weighted by Gasteiger charge is -2.27. The molecule has 36 heavy (non-hydrogen) atoms. The second kappa shape index (κ2) is 10.3. The van der Waals surface area contributed by atoms with Gasteiger partial charge in [0, 0.05) is 46.6 Å². The molecule has 2 aromatic heterocycles. The number of furan rings is 1. The van der Waals surface area contributed by atoms with Crippen LogP contribution in [-0.2, 0) is 31.6 Å². The van der Waals surface area contributed by atoms with Crippen molar-refractivity contribution < 1.29 is 23.1 Å². The molecule has 13 heteroatoms. The molecule has 0 aliphatic carbocycles. The van der Waals surface area contributed by atoms with Gasteiger partial charge < -0.3 is 9.32 Å². The van der Waals surface area contributed by atoms with E-state index in [1.54, 1.807) is 19.2 Å². The highest BCUT2D eigenvalue weighted by atomic mass is 31.2. The molecule has 3 heterocycles. The number of hydrogen-bond donors (Lipinski definition) is 0. The number of carbonyl (C=O) groups is 2. The summed E-state index contributed by atoms with van der Waals surface area (Å²) in [5.41, 5.74) is 3.06. The number of nitroso groups, excluding NO2 is 2. The summed E-state index contributed by atoms with van der Waals surface area (Å²) in [5, 5.41) is 1.01. The largest absolute Gasteiger partial charge is 0.506 e. The number of likely N-dealkylation sites (N-methyl/N-ethyl adjacent to an activating group) is 1. The molecular weight excluding hydrogens is 489 g/mol. The summed E-state index contributed by atoms with van der Waals surface area (Å²) in [7, 11) is -2.93. The topological polar surface area (TPSA) is 152 Å². The SMILES string of the molecule is Cc1c(CN(C)C(=O)/C=C/c2cnc3c(c2)CCC(=O)N3COP(=O)(N=O)N=O)oc2ccccc12. The third-order valence-electron chi connectivity index (χ3n) is 5.81. The van der Waals surface area contributed by atoms with Crippen LogP contribution in [0.1, 0.15) is 28.9 Å². The van der Waals surface area contributed by atoms with Crippen molar-refractivity contribution in [2.75, 3.05) is 18.7 Å². The standard InChI is InChI=1S/C23H22N5O7P/c1-15-18-5-3-4-6-19(18)35-20(15)13-27(2)21(29)9-7-16-11-17-8-10-22(30)28(23(17)24-12-16)14-34-36(33,25-31)26-32/h3-7,9,11-12H,8,10,13-14H2,1-2H3/b9-7+. The van der Waals surface area contributed by atoms with Crippen LogP contribution in [0.2, 0.25) is 0 Å². The van der Waals surface area contributed by atoms with Crippen molar-refractivity contribution in [3.63, 3.8) is 0 Å². The van der Waals surface area contributed by atoms with Gasteiger partial charge in [0.15, 0.2) is 0 Å². The van der Waals surface area contributed by atoms with E-state index in [0.29, 0.717) is 29.9 Å². The van der Waals surface area contributed by atoms with Crippen LogP contribution in [0, 0.1) is 16.7 Å². The molecule has 0 atom stereocenters. The number of benzene rings is 1. The fraction of sp³-hybridized carbons (Fsp3) is 0.261. The lowest BCUT2D eigenvalue weighted by atomic mass is 10.0. The van der Waals surface area contributed by atoms with Gasteiger partial charge in [-0.25, -0.2) is 9.55 Å². The summed E-state index contributed by atoms with van der Waals surface area (Å²) in [6.07, 6.45) is 4.96. The monoisotopic (exact) mass is 511 g/mol. The fourth-order valence-electron chi connectivity index (χ4n) is 3.83.